The van der Waals surface area contributed by atoms with Crippen LogP contribution >= 0.6 is 27.3 Å². The fraction of sp³-hybridized carbons (Fsp3) is 0.0476. The number of halogens is 1. The second-order valence-corrected chi connectivity index (χ2v) is 7.76. The van der Waals surface area contributed by atoms with Crippen molar-refractivity contribution in [3.05, 3.63) is 88.4 Å². The van der Waals surface area contributed by atoms with Crippen LogP contribution in [0.2, 0.25) is 0 Å². The maximum atomic E-state index is 5.97. The van der Waals surface area contributed by atoms with Crippen LogP contribution in [-0.4, -0.2) is 11.2 Å². The summed E-state index contributed by atoms with van der Waals surface area (Å²) < 4.78 is 8.15. The van der Waals surface area contributed by atoms with Gasteiger partial charge in [0.15, 0.2) is 0 Å². The van der Waals surface area contributed by atoms with E-state index in [9.17, 15) is 0 Å². The number of thiazole rings is 1. The van der Waals surface area contributed by atoms with Crippen molar-refractivity contribution in [2.75, 3.05) is 5.43 Å². The van der Waals surface area contributed by atoms with Crippen LogP contribution < -0.4 is 10.2 Å². The summed E-state index contributed by atoms with van der Waals surface area (Å²) in [4.78, 5) is 4.51. The number of fused-ring (bicyclic) bond motifs is 1. The van der Waals surface area contributed by atoms with E-state index in [1.165, 1.54) is 0 Å². The van der Waals surface area contributed by atoms with Crippen molar-refractivity contribution in [1.82, 2.24) is 4.98 Å². The smallest absolute Gasteiger partial charge is 0.204 e. The molecule has 1 aromatic heterocycles. The lowest BCUT2D eigenvalue weighted by Crippen LogP contribution is -1.99. The minimum Gasteiger partial charge on any atom is -0.488 e. The van der Waals surface area contributed by atoms with E-state index in [4.69, 9.17) is 4.74 Å². The predicted octanol–water partition coefficient (Wildman–Crippen LogP) is 6.08. The Hall–Kier alpha value is -2.70. The number of aromatic nitrogens is 1. The van der Waals surface area contributed by atoms with Gasteiger partial charge in [-0.05, 0) is 42.0 Å². The molecule has 0 aliphatic rings. The van der Waals surface area contributed by atoms with Gasteiger partial charge < -0.3 is 4.74 Å². The second kappa shape index (κ2) is 8.33. The lowest BCUT2D eigenvalue weighted by molar-refractivity contribution is 0.306. The molecule has 0 saturated carbocycles. The van der Waals surface area contributed by atoms with Crippen LogP contribution in [-0.2, 0) is 6.61 Å². The number of para-hydroxylation sites is 2. The second-order valence-electron chi connectivity index (χ2n) is 5.81. The van der Waals surface area contributed by atoms with Crippen molar-refractivity contribution < 1.29 is 4.74 Å². The van der Waals surface area contributed by atoms with Gasteiger partial charge in [0, 0.05) is 10.0 Å². The molecule has 0 aliphatic heterocycles. The van der Waals surface area contributed by atoms with Gasteiger partial charge in [-0.25, -0.2) is 4.98 Å². The maximum absolute atomic E-state index is 5.97. The fourth-order valence-corrected chi connectivity index (χ4v) is 3.62. The molecule has 4 nitrogen and oxygen atoms in total. The highest BCUT2D eigenvalue weighted by molar-refractivity contribution is 9.10. The Balaban J connectivity index is 1.43. The van der Waals surface area contributed by atoms with Crippen LogP contribution in [0.5, 0.6) is 5.75 Å². The molecule has 27 heavy (non-hydrogen) atoms. The zero-order chi connectivity index (χ0) is 18.5. The summed E-state index contributed by atoms with van der Waals surface area (Å²) in [6.45, 7) is 0.503. The molecular weight excluding hydrogens is 422 g/mol. The number of ether oxygens (including phenoxy) is 1. The number of anilines is 1. The molecule has 0 saturated heterocycles. The lowest BCUT2D eigenvalue weighted by Gasteiger charge is -2.09. The first kappa shape index (κ1) is 17.7. The molecule has 0 amide bonds. The molecule has 0 fully saturated rings. The van der Waals surface area contributed by atoms with Crippen molar-refractivity contribution in [2.45, 2.75) is 6.61 Å². The van der Waals surface area contributed by atoms with E-state index in [1.54, 1.807) is 17.6 Å². The molecule has 134 valence electrons. The van der Waals surface area contributed by atoms with Gasteiger partial charge in [0.1, 0.15) is 12.4 Å². The maximum Gasteiger partial charge on any atom is 0.204 e. The first-order chi connectivity index (χ1) is 13.3. The van der Waals surface area contributed by atoms with Crippen LogP contribution in [0.25, 0.3) is 10.2 Å². The number of nitrogens with one attached hydrogen (secondary N) is 1. The zero-order valence-corrected chi connectivity index (χ0v) is 16.7. The van der Waals surface area contributed by atoms with Gasteiger partial charge in [0.25, 0.3) is 0 Å². The quantitative estimate of drug-likeness (QED) is 0.293. The summed E-state index contributed by atoms with van der Waals surface area (Å²) in [5.74, 6) is 0.787. The molecule has 0 radical (unpaired) electrons. The normalized spacial score (nSPS) is 11.1. The molecule has 4 rings (SSSR count). The molecule has 0 bridgehead atoms. The Morgan fingerprint density at radius 1 is 1.00 bits per heavy atom. The van der Waals surface area contributed by atoms with Gasteiger partial charge in [-0.1, -0.05) is 63.7 Å². The third-order valence-electron chi connectivity index (χ3n) is 3.88. The van der Waals surface area contributed by atoms with Gasteiger partial charge in [0.2, 0.25) is 5.13 Å². The average molecular weight is 438 g/mol. The van der Waals surface area contributed by atoms with E-state index in [-0.39, 0.29) is 0 Å². The first-order valence-corrected chi connectivity index (χ1v) is 10.00. The lowest BCUT2D eigenvalue weighted by atomic mass is 10.2. The fourth-order valence-electron chi connectivity index (χ4n) is 2.54. The molecule has 3 aromatic carbocycles. The molecule has 6 heteroatoms. The van der Waals surface area contributed by atoms with E-state index in [0.29, 0.717) is 6.61 Å². The third kappa shape index (κ3) is 4.53. The molecule has 0 spiro atoms. The SMILES string of the molecule is Brc1ccc(COc2ccccc2/C=N/Nc2nc3ccccc3s2)cc1. The largest absolute Gasteiger partial charge is 0.488 e. The van der Waals surface area contributed by atoms with Crippen LogP contribution in [0, 0.1) is 0 Å². The summed E-state index contributed by atoms with van der Waals surface area (Å²) in [6.07, 6.45) is 1.75. The monoisotopic (exact) mass is 437 g/mol. The van der Waals surface area contributed by atoms with Crippen molar-refractivity contribution in [1.29, 1.82) is 0 Å². The van der Waals surface area contributed by atoms with Crippen molar-refractivity contribution in [3.63, 3.8) is 0 Å². The van der Waals surface area contributed by atoms with Gasteiger partial charge in [-0.3, -0.25) is 5.43 Å². The minimum atomic E-state index is 0.503. The topological polar surface area (TPSA) is 46.5 Å². The Bertz CT molecular complexity index is 1040. The number of nitrogens with zero attached hydrogens (tertiary/aromatic N) is 2. The first-order valence-electron chi connectivity index (χ1n) is 8.39. The number of rotatable bonds is 6. The van der Waals surface area contributed by atoms with Crippen molar-refractivity contribution >= 4 is 48.8 Å². The molecule has 1 heterocycles. The van der Waals surface area contributed by atoms with Crippen LogP contribution in [0.3, 0.4) is 0 Å². The standard InChI is InChI=1S/C21H16BrN3OS/c22-17-11-9-15(10-12-17)14-26-19-7-3-1-5-16(19)13-23-25-21-24-18-6-2-4-8-20(18)27-21/h1-13H,14H2,(H,24,25)/b23-13+. The highest BCUT2D eigenvalue weighted by Gasteiger charge is 2.03. The number of benzene rings is 3. The Morgan fingerprint density at radius 2 is 1.78 bits per heavy atom. The molecule has 0 atom stereocenters. The zero-order valence-electron chi connectivity index (χ0n) is 14.3. The van der Waals surface area contributed by atoms with Crippen LogP contribution in [0.4, 0.5) is 5.13 Å². The summed E-state index contributed by atoms with van der Waals surface area (Å²) >= 11 is 5.02. The van der Waals surface area contributed by atoms with E-state index in [2.05, 4.69) is 31.4 Å². The molecule has 0 aliphatic carbocycles. The highest BCUT2D eigenvalue weighted by atomic mass is 79.9. The molecule has 0 unspecified atom stereocenters. The minimum absolute atomic E-state index is 0.503. The number of hydrogen-bond acceptors (Lipinski definition) is 5. The Labute approximate surface area is 169 Å². The summed E-state index contributed by atoms with van der Waals surface area (Å²) in [7, 11) is 0. The predicted molar refractivity (Wildman–Crippen MR) is 116 cm³/mol. The molecule has 1 N–H and O–H groups in total. The van der Waals surface area contributed by atoms with Crippen molar-refractivity contribution in [2.24, 2.45) is 5.10 Å². The van der Waals surface area contributed by atoms with E-state index in [1.807, 2.05) is 72.8 Å². The van der Waals surface area contributed by atoms with Gasteiger partial charge in [-0.15, -0.1) is 0 Å². The van der Waals surface area contributed by atoms with Gasteiger partial charge in [0.05, 0.1) is 16.4 Å². The summed E-state index contributed by atoms with van der Waals surface area (Å²) in [6, 6.07) is 24.0. The third-order valence-corrected chi connectivity index (χ3v) is 5.35. The Kier molecular flexibility index (Phi) is 5.46. The Morgan fingerprint density at radius 3 is 2.63 bits per heavy atom. The summed E-state index contributed by atoms with van der Waals surface area (Å²) in [5.41, 5.74) is 5.99. The van der Waals surface area contributed by atoms with E-state index in [0.717, 1.165) is 36.7 Å². The molecule has 4 aromatic rings. The average Bonchev–Trinajstić information content (AvgIpc) is 3.11. The number of hydrogen-bond donors (Lipinski definition) is 1. The van der Waals surface area contributed by atoms with Gasteiger partial charge >= 0.3 is 0 Å². The van der Waals surface area contributed by atoms with Crippen LogP contribution in [0.15, 0.2) is 82.4 Å². The number of hydrazone groups is 1. The van der Waals surface area contributed by atoms with Crippen LogP contribution in [0.1, 0.15) is 11.1 Å². The highest BCUT2D eigenvalue weighted by Crippen LogP contribution is 2.25. The van der Waals surface area contributed by atoms with Gasteiger partial charge in [-0.2, -0.15) is 5.10 Å². The molecular formula is C21H16BrN3OS. The summed E-state index contributed by atoms with van der Waals surface area (Å²) in [5, 5.41) is 5.09. The van der Waals surface area contributed by atoms with E-state index >= 15 is 0 Å². The van der Waals surface area contributed by atoms with Crippen molar-refractivity contribution in [3.8, 4) is 5.75 Å². The van der Waals surface area contributed by atoms with E-state index < -0.39 is 0 Å².